The molecule has 2 nitrogen and oxygen atoms in total. The van der Waals surface area contributed by atoms with Crippen molar-refractivity contribution < 1.29 is 5.11 Å². The molecule has 3 heteroatoms. The number of thioether (sulfide) groups is 1. The molecule has 1 aromatic rings. The molecule has 0 radical (unpaired) electrons. The Bertz CT molecular complexity index is 278. The van der Waals surface area contributed by atoms with Gasteiger partial charge in [0.25, 0.3) is 0 Å². The van der Waals surface area contributed by atoms with Crippen LogP contribution in [0.2, 0.25) is 0 Å². The Labute approximate surface area is 89.5 Å². The highest BCUT2D eigenvalue weighted by molar-refractivity contribution is 7.99. The minimum Gasteiger partial charge on any atom is -0.396 e. The van der Waals surface area contributed by atoms with Gasteiger partial charge in [0.2, 0.25) is 0 Å². The van der Waals surface area contributed by atoms with E-state index in [1.165, 1.54) is 10.5 Å². The van der Waals surface area contributed by atoms with Crippen LogP contribution < -0.4 is 5.73 Å². The van der Waals surface area contributed by atoms with E-state index in [1.807, 2.05) is 12.1 Å². The lowest BCUT2D eigenvalue weighted by atomic mass is 10.1. The summed E-state index contributed by atoms with van der Waals surface area (Å²) in [6.45, 7) is 2.29. The predicted octanol–water partition coefficient (Wildman–Crippen LogP) is 2.18. The van der Waals surface area contributed by atoms with Gasteiger partial charge in [0.15, 0.2) is 0 Å². The maximum atomic E-state index is 8.76. The number of rotatable bonds is 5. The average Bonchev–Trinajstić information content (AvgIpc) is 2.25. The van der Waals surface area contributed by atoms with E-state index in [1.54, 1.807) is 11.8 Å². The van der Waals surface area contributed by atoms with E-state index in [-0.39, 0.29) is 12.6 Å². The van der Waals surface area contributed by atoms with Gasteiger partial charge < -0.3 is 10.8 Å². The minimum atomic E-state index is 0.109. The Morgan fingerprint density at radius 1 is 1.43 bits per heavy atom. The van der Waals surface area contributed by atoms with Crippen molar-refractivity contribution in [2.75, 3.05) is 12.4 Å². The zero-order valence-electron chi connectivity index (χ0n) is 8.44. The van der Waals surface area contributed by atoms with E-state index in [9.17, 15) is 0 Å². The van der Waals surface area contributed by atoms with Crippen LogP contribution in [0.3, 0.4) is 0 Å². The summed E-state index contributed by atoms with van der Waals surface area (Å²) < 4.78 is 0. The molecular weight excluding hydrogens is 194 g/mol. The molecule has 0 aliphatic heterocycles. The molecule has 1 aromatic carbocycles. The van der Waals surface area contributed by atoms with Crippen LogP contribution in [0.15, 0.2) is 29.2 Å². The summed E-state index contributed by atoms with van der Waals surface area (Å²) >= 11 is 1.66. The average molecular weight is 211 g/mol. The Morgan fingerprint density at radius 3 is 2.79 bits per heavy atom. The molecule has 0 spiro atoms. The lowest BCUT2D eigenvalue weighted by Crippen LogP contribution is -2.09. The summed E-state index contributed by atoms with van der Waals surface area (Å²) in [5.41, 5.74) is 7.18. The summed E-state index contributed by atoms with van der Waals surface area (Å²) in [7, 11) is 0. The molecule has 0 saturated heterocycles. The van der Waals surface area contributed by atoms with Crippen LogP contribution >= 0.6 is 11.8 Å². The largest absolute Gasteiger partial charge is 0.396 e. The van der Waals surface area contributed by atoms with E-state index in [0.717, 1.165) is 12.2 Å². The summed E-state index contributed by atoms with van der Waals surface area (Å²) in [5.74, 6) is 0.730. The molecule has 1 atom stereocenters. The highest BCUT2D eigenvalue weighted by atomic mass is 32.2. The second-order valence-corrected chi connectivity index (χ2v) is 4.26. The zero-order chi connectivity index (χ0) is 10.4. The van der Waals surface area contributed by atoms with Gasteiger partial charge in [-0.25, -0.2) is 0 Å². The molecule has 0 heterocycles. The summed E-state index contributed by atoms with van der Waals surface area (Å²) in [4.78, 5) is 1.19. The second kappa shape index (κ2) is 6.06. The monoisotopic (exact) mass is 211 g/mol. The molecule has 3 N–H and O–H groups in total. The van der Waals surface area contributed by atoms with Gasteiger partial charge in [-0.2, -0.15) is 0 Å². The Morgan fingerprint density at radius 2 is 2.14 bits per heavy atom. The first-order valence-corrected chi connectivity index (χ1v) is 5.86. The van der Waals surface area contributed by atoms with Crippen LogP contribution in [0.1, 0.15) is 24.9 Å². The van der Waals surface area contributed by atoms with Crippen molar-refractivity contribution in [3.8, 4) is 0 Å². The van der Waals surface area contributed by atoms with E-state index in [4.69, 9.17) is 10.8 Å². The van der Waals surface area contributed by atoms with Gasteiger partial charge in [0.1, 0.15) is 0 Å². The molecule has 0 unspecified atom stereocenters. The van der Waals surface area contributed by atoms with Crippen molar-refractivity contribution in [1.82, 2.24) is 0 Å². The number of nitrogens with two attached hydrogens (primary N) is 1. The normalized spacial score (nSPS) is 12.8. The third-order valence-corrected chi connectivity index (χ3v) is 3.18. The lowest BCUT2D eigenvalue weighted by molar-refractivity contribution is 0.322. The number of aliphatic hydroxyl groups excluding tert-OH is 1. The molecule has 14 heavy (non-hydrogen) atoms. The first kappa shape index (κ1) is 11.6. The van der Waals surface area contributed by atoms with Gasteiger partial charge in [0, 0.05) is 16.7 Å². The molecule has 0 bridgehead atoms. The van der Waals surface area contributed by atoms with Crippen molar-refractivity contribution in [2.24, 2.45) is 5.73 Å². The SMILES string of the molecule is CC[C@@H](N)c1ccccc1SCCO. The molecule has 0 amide bonds. The third-order valence-electron chi connectivity index (χ3n) is 2.11. The Hall–Kier alpha value is -0.510. The van der Waals surface area contributed by atoms with E-state index >= 15 is 0 Å². The molecule has 0 fully saturated rings. The van der Waals surface area contributed by atoms with Crippen LogP contribution in [-0.2, 0) is 0 Å². The zero-order valence-corrected chi connectivity index (χ0v) is 9.26. The predicted molar refractivity (Wildman–Crippen MR) is 61.5 cm³/mol. The molecule has 0 aliphatic carbocycles. The van der Waals surface area contributed by atoms with Crippen LogP contribution in [0, 0.1) is 0 Å². The summed E-state index contributed by atoms with van der Waals surface area (Å²) in [6, 6.07) is 8.25. The Kier molecular flexibility index (Phi) is 5.01. The number of benzene rings is 1. The molecular formula is C11H17NOS. The van der Waals surface area contributed by atoms with Crippen molar-refractivity contribution in [3.05, 3.63) is 29.8 Å². The van der Waals surface area contributed by atoms with Crippen LogP contribution in [-0.4, -0.2) is 17.5 Å². The van der Waals surface area contributed by atoms with E-state index in [0.29, 0.717) is 0 Å². The topological polar surface area (TPSA) is 46.2 Å². The maximum Gasteiger partial charge on any atom is 0.0525 e. The molecule has 0 aromatic heterocycles. The van der Waals surface area contributed by atoms with Crippen molar-refractivity contribution in [3.63, 3.8) is 0 Å². The molecule has 78 valence electrons. The molecule has 0 aliphatic rings. The summed E-state index contributed by atoms with van der Waals surface area (Å²) in [5, 5.41) is 8.76. The smallest absolute Gasteiger partial charge is 0.0525 e. The number of hydrogen-bond acceptors (Lipinski definition) is 3. The van der Waals surface area contributed by atoms with Crippen LogP contribution in [0.4, 0.5) is 0 Å². The van der Waals surface area contributed by atoms with Gasteiger partial charge in [-0.3, -0.25) is 0 Å². The molecule has 0 saturated carbocycles. The Balaban J connectivity index is 2.79. The first-order valence-electron chi connectivity index (χ1n) is 4.87. The third kappa shape index (κ3) is 3.01. The fourth-order valence-electron chi connectivity index (χ4n) is 1.29. The summed E-state index contributed by atoms with van der Waals surface area (Å²) in [6.07, 6.45) is 0.941. The van der Waals surface area contributed by atoms with E-state index < -0.39 is 0 Å². The first-order chi connectivity index (χ1) is 6.79. The quantitative estimate of drug-likeness (QED) is 0.734. The van der Waals surface area contributed by atoms with Gasteiger partial charge in [-0.05, 0) is 18.1 Å². The van der Waals surface area contributed by atoms with Crippen molar-refractivity contribution in [2.45, 2.75) is 24.3 Å². The second-order valence-electron chi connectivity index (χ2n) is 3.12. The molecule has 1 rings (SSSR count). The van der Waals surface area contributed by atoms with Gasteiger partial charge in [-0.1, -0.05) is 25.1 Å². The minimum absolute atomic E-state index is 0.109. The van der Waals surface area contributed by atoms with Gasteiger partial charge >= 0.3 is 0 Å². The standard InChI is InChI=1S/C11H17NOS/c1-2-10(12)9-5-3-4-6-11(9)14-8-7-13/h3-6,10,13H,2,7-8,12H2,1H3/t10-/m1/s1. The van der Waals surface area contributed by atoms with Crippen LogP contribution in [0.25, 0.3) is 0 Å². The van der Waals surface area contributed by atoms with Crippen molar-refractivity contribution in [1.29, 1.82) is 0 Å². The fraction of sp³-hybridized carbons (Fsp3) is 0.455. The van der Waals surface area contributed by atoms with Gasteiger partial charge in [-0.15, -0.1) is 11.8 Å². The fourth-order valence-corrected chi connectivity index (χ4v) is 2.17. The highest BCUT2D eigenvalue weighted by Crippen LogP contribution is 2.27. The lowest BCUT2D eigenvalue weighted by Gasteiger charge is -2.13. The highest BCUT2D eigenvalue weighted by Gasteiger charge is 2.08. The maximum absolute atomic E-state index is 8.76. The van der Waals surface area contributed by atoms with E-state index in [2.05, 4.69) is 19.1 Å². The van der Waals surface area contributed by atoms with Gasteiger partial charge in [0.05, 0.1) is 6.61 Å². The van der Waals surface area contributed by atoms with Crippen LogP contribution in [0.5, 0.6) is 0 Å². The number of aliphatic hydroxyl groups is 1. The number of hydrogen-bond donors (Lipinski definition) is 2. The van der Waals surface area contributed by atoms with Crippen molar-refractivity contribution >= 4 is 11.8 Å².